The van der Waals surface area contributed by atoms with Crippen molar-refractivity contribution < 1.29 is 19.0 Å². The van der Waals surface area contributed by atoms with E-state index in [2.05, 4.69) is 56.6 Å². The van der Waals surface area contributed by atoms with E-state index in [1.807, 2.05) is 6.07 Å². The van der Waals surface area contributed by atoms with Gasteiger partial charge >= 0.3 is 5.97 Å². The van der Waals surface area contributed by atoms with E-state index in [0.717, 1.165) is 25.9 Å². The number of hydrogen-bond acceptors (Lipinski definition) is 11. The zero-order valence-electron chi connectivity index (χ0n) is 20.7. The van der Waals surface area contributed by atoms with Crippen LogP contribution in [0.2, 0.25) is 0 Å². The first kappa shape index (κ1) is 26.2. The van der Waals surface area contributed by atoms with Gasteiger partial charge < -0.3 is 10.5 Å². The average Bonchev–Trinajstić information content (AvgIpc) is 3.56. The minimum atomic E-state index is -0.592. The lowest BCUT2D eigenvalue weighted by Crippen LogP contribution is -2.31. The molecule has 200 valence electrons. The first-order chi connectivity index (χ1) is 19.0. The van der Waals surface area contributed by atoms with E-state index in [4.69, 9.17) is 10.5 Å². The van der Waals surface area contributed by atoms with E-state index >= 15 is 0 Å². The maximum Gasteiger partial charge on any atom is 0.343 e. The number of nitrogens with two attached hydrogens (primary N) is 1. The molecule has 2 aromatic carbocycles. The van der Waals surface area contributed by atoms with E-state index in [9.17, 15) is 9.59 Å². The summed E-state index contributed by atoms with van der Waals surface area (Å²) >= 11 is 3.39. The van der Waals surface area contributed by atoms with E-state index in [-0.39, 0.29) is 23.1 Å². The van der Waals surface area contributed by atoms with Crippen LogP contribution in [0.15, 0.2) is 62.7 Å². The number of esters is 1. The number of nitrogens with zero attached hydrogens (tertiary/aromatic N) is 7. The fourth-order valence-electron chi connectivity index (χ4n) is 4.11. The number of halogens is 1. The summed E-state index contributed by atoms with van der Waals surface area (Å²) in [7, 11) is 0. The van der Waals surface area contributed by atoms with Crippen LogP contribution in [-0.2, 0) is 6.54 Å². The Labute approximate surface area is 231 Å². The first-order valence-electron chi connectivity index (χ1n) is 12.1. The van der Waals surface area contributed by atoms with Crippen LogP contribution in [0.3, 0.4) is 0 Å². The van der Waals surface area contributed by atoms with Crippen LogP contribution in [0.1, 0.15) is 51.4 Å². The predicted octanol–water partition coefficient (Wildman–Crippen LogP) is 2.96. The molecule has 3 heterocycles. The number of piperidine rings is 1. The molecule has 0 saturated carbocycles. The zero-order valence-corrected chi connectivity index (χ0v) is 22.2. The van der Waals surface area contributed by atoms with Crippen molar-refractivity contribution in [3.05, 3.63) is 75.5 Å². The Morgan fingerprint density at radius 1 is 1.13 bits per heavy atom. The lowest BCUT2D eigenvalue weighted by Gasteiger charge is -2.25. The second kappa shape index (κ2) is 12.0. The lowest BCUT2D eigenvalue weighted by atomic mass is 10.1. The number of anilines is 1. The summed E-state index contributed by atoms with van der Waals surface area (Å²) in [5.74, 6) is -0.851. The van der Waals surface area contributed by atoms with Crippen LogP contribution < -0.4 is 15.9 Å². The molecule has 39 heavy (non-hydrogen) atoms. The fraction of sp³-hybridized carbons (Fsp3) is 0.240. The number of amides is 1. The third kappa shape index (κ3) is 6.18. The molecule has 0 bridgehead atoms. The van der Waals surface area contributed by atoms with Gasteiger partial charge in [-0.05, 0) is 66.6 Å². The minimum Gasteiger partial charge on any atom is -0.422 e. The zero-order chi connectivity index (χ0) is 27.2. The largest absolute Gasteiger partial charge is 0.422 e. The molecule has 13 nitrogen and oxygen atoms in total. The number of carbonyl (C=O) groups excluding carboxylic acids is 2. The molecule has 2 aromatic heterocycles. The molecular formula is C25H24BrN9O4. The number of carbonyl (C=O) groups is 2. The van der Waals surface area contributed by atoms with Crippen LogP contribution in [0.25, 0.3) is 5.82 Å². The maximum absolute atomic E-state index is 13.3. The molecule has 0 radical (unpaired) electrons. The Kier molecular flexibility index (Phi) is 8.03. The van der Waals surface area contributed by atoms with Crippen molar-refractivity contribution in [3.63, 3.8) is 0 Å². The average molecular weight is 594 g/mol. The van der Waals surface area contributed by atoms with Crippen LogP contribution >= 0.6 is 15.9 Å². The first-order valence-corrected chi connectivity index (χ1v) is 12.9. The summed E-state index contributed by atoms with van der Waals surface area (Å²) in [6.07, 6.45) is 4.70. The van der Waals surface area contributed by atoms with Crippen molar-refractivity contribution in [3.8, 4) is 11.6 Å². The molecule has 0 aliphatic carbocycles. The Bertz CT molecular complexity index is 1500. The molecule has 0 atom stereocenters. The number of aromatic nitrogens is 5. The number of hydrogen-bond donors (Lipinski definition) is 2. The molecule has 1 aliphatic rings. The quantitative estimate of drug-likeness (QED) is 0.134. The number of nitrogens with one attached hydrogen (secondary N) is 1. The molecule has 5 rings (SSSR count). The van der Waals surface area contributed by atoms with Gasteiger partial charge in [-0.1, -0.05) is 45.8 Å². The monoisotopic (exact) mass is 593 g/mol. The van der Waals surface area contributed by atoms with Gasteiger partial charge in [0.15, 0.2) is 5.69 Å². The van der Waals surface area contributed by atoms with E-state index in [1.54, 1.807) is 42.5 Å². The second-order valence-electron chi connectivity index (χ2n) is 8.74. The number of hydrazone groups is 1. The van der Waals surface area contributed by atoms with Crippen molar-refractivity contribution in [1.29, 1.82) is 0 Å². The molecule has 3 N–H and O–H groups in total. The Hall–Kier alpha value is -4.43. The molecule has 0 unspecified atom stereocenters. The van der Waals surface area contributed by atoms with Gasteiger partial charge in [0.2, 0.25) is 11.6 Å². The number of benzene rings is 2. The number of ether oxygens (including phenoxy) is 1. The third-order valence-electron chi connectivity index (χ3n) is 6.03. The fourth-order valence-corrected chi connectivity index (χ4v) is 4.45. The highest BCUT2D eigenvalue weighted by atomic mass is 79.9. The topological polar surface area (TPSA) is 167 Å². The molecule has 1 fully saturated rings. The Balaban J connectivity index is 1.37. The standard InChI is InChI=1S/C25H24BrN9O4/c26-18-10-9-17(20(13-18)38-25(37)16-7-3-1-4-8-16)14-28-30-24(36)21-19(15-34-11-5-2-6-12-34)29-33-35(21)23-22(27)31-39-32-23/h1,3-4,7-10,13-14H,2,5-6,11-12,15H2,(H2,27,31)(H,30,36). The van der Waals surface area contributed by atoms with Gasteiger partial charge in [0.1, 0.15) is 11.4 Å². The highest BCUT2D eigenvalue weighted by Gasteiger charge is 2.26. The SMILES string of the molecule is Nc1nonc1-n1nnc(CN2CCCCC2)c1C(=O)NN=Cc1ccc(Br)cc1OC(=O)c1ccccc1. The molecule has 14 heteroatoms. The van der Waals surface area contributed by atoms with Crippen molar-refractivity contribution >= 4 is 39.8 Å². The van der Waals surface area contributed by atoms with Crippen molar-refractivity contribution in [1.82, 2.24) is 35.6 Å². The van der Waals surface area contributed by atoms with Gasteiger partial charge in [-0.2, -0.15) is 9.78 Å². The van der Waals surface area contributed by atoms with Gasteiger partial charge in [-0.3, -0.25) is 9.69 Å². The minimum absolute atomic E-state index is 0.0401. The number of rotatable bonds is 8. The molecule has 1 aliphatic heterocycles. The highest BCUT2D eigenvalue weighted by molar-refractivity contribution is 9.10. The van der Waals surface area contributed by atoms with Gasteiger partial charge in [0.25, 0.3) is 5.91 Å². The molecule has 4 aromatic rings. The number of likely N-dealkylation sites (tertiary alicyclic amines) is 1. The normalized spacial score (nSPS) is 14.0. The van der Waals surface area contributed by atoms with Gasteiger partial charge in [-0.25, -0.2) is 14.8 Å². The van der Waals surface area contributed by atoms with E-state index < -0.39 is 11.9 Å². The van der Waals surface area contributed by atoms with Gasteiger partial charge in [-0.15, -0.1) is 5.10 Å². The van der Waals surface area contributed by atoms with E-state index in [0.29, 0.717) is 27.8 Å². The van der Waals surface area contributed by atoms with E-state index in [1.165, 1.54) is 17.3 Å². The smallest absolute Gasteiger partial charge is 0.343 e. The second-order valence-corrected chi connectivity index (χ2v) is 9.66. The van der Waals surface area contributed by atoms with Gasteiger partial charge in [0, 0.05) is 16.6 Å². The summed E-state index contributed by atoms with van der Waals surface area (Å²) in [4.78, 5) is 28.1. The van der Waals surface area contributed by atoms with Crippen molar-refractivity contribution in [2.45, 2.75) is 25.8 Å². The third-order valence-corrected chi connectivity index (χ3v) is 6.52. The van der Waals surface area contributed by atoms with Crippen LogP contribution in [-0.4, -0.2) is 61.4 Å². The number of nitrogen functional groups attached to an aromatic ring is 1. The molecule has 1 amide bonds. The Morgan fingerprint density at radius 3 is 2.67 bits per heavy atom. The summed E-state index contributed by atoms with van der Waals surface area (Å²) in [5, 5.41) is 19.7. The van der Waals surface area contributed by atoms with Crippen molar-refractivity contribution in [2.75, 3.05) is 18.8 Å². The van der Waals surface area contributed by atoms with Crippen molar-refractivity contribution in [2.24, 2.45) is 5.10 Å². The molecule has 0 spiro atoms. The van der Waals surface area contributed by atoms with Gasteiger partial charge in [0.05, 0.1) is 11.8 Å². The lowest BCUT2D eigenvalue weighted by molar-refractivity contribution is 0.0734. The summed E-state index contributed by atoms with van der Waals surface area (Å²) < 4.78 is 12.2. The van der Waals surface area contributed by atoms with Crippen LogP contribution in [0, 0.1) is 0 Å². The highest BCUT2D eigenvalue weighted by Crippen LogP contribution is 2.24. The van der Waals surface area contributed by atoms with Crippen LogP contribution in [0.4, 0.5) is 5.82 Å². The summed E-state index contributed by atoms with van der Waals surface area (Å²) in [6.45, 7) is 2.21. The van der Waals surface area contributed by atoms with Crippen LogP contribution in [0.5, 0.6) is 5.75 Å². The summed E-state index contributed by atoms with van der Waals surface area (Å²) in [6, 6.07) is 13.7. The summed E-state index contributed by atoms with van der Waals surface area (Å²) in [5.41, 5.74) is 9.76. The Morgan fingerprint density at radius 2 is 1.92 bits per heavy atom. The predicted molar refractivity (Wildman–Crippen MR) is 143 cm³/mol. The maximum atomic E-state index is 13.3. The molecule has 1 saturated heterocycles. The molecular weight excluding hydrogens is 570 g/mol.